The number of rotatable bonds is 1. The average molecular weight is 191 g/mol. The van der Waals surface area contributed by atoms with E-state index in [1.54, 1.807) is 0 Å². The molecule has 1 aliphatic rings. The van der Waals surface area contributed by atoms with Crippen LogP contribution in [0.2, 0.25) is 0 Å². The van der Waals surface area contributed by atoms with Gasteiger partial charge in [0.15, 0.2) is 0 Å². The smallest absolute Gasteiger partial charge is 0.0615 e. The lowest BCUT2D eigenvalue weighted by molar-refractivity contribution is -0.0223. The van der Waals surface area contributed by atoms with E-state index in [9.17, 15) is 0 Å². The summed E-state index contributed by atoms with van der Waals surface area (Å²) >= 11 is 6.15. The monoisotopic (exact) mass is 190 g/mol. The Labute approximate surface area is 80.4 Å². The molecule has 3 unspecified atom stereocenters. The molecule has 0 bridgehead atoms. The Morgan fingerprint density at radius 2 is 2.00 bits per heavy atom. The minimum Gasteiger partial charge on any atom is -0.375 e. The van der Waals surface area contributed by atoms with Gasteiger partial charge in [0.05, 0.1) is 12.2 Å². The molecule has 1 nitrogen and oxygen atoms in total. The van der Waals surface area contributed by atoms with Crippen LogP contribution in [0.15, 0.2) is 0 Å². The Morgan fingerprint density at radius 1 is 1.33 bits per heavy atom. The van der Waals surface area contributed by atoms with Gasteiger partial charge < -0.3 is 4.74 Å². The zero-order valence-electron chi connectivity index (χ0n) is 8.22. The first-order valence-electron chi connectivity index (χ1n) is 4.89. The quantitative estimate of drug-likeness (QED) is 0.577. The Hall–Kier alpha value is 0.250. The summed E-state index contributed by atoms with van der Waals surface area (Å²) in [5, 5.41) is 0.322. The van der Waals surface area contributed by atoms with Gasteiger partial charge in [-0.15, -0.1) is 11.6 Å². The van der Waals surface area contributed by atoms with Crippen molar-refractivity contribution < 1.29 is 4.74 Å². The fraction of sp³-hybridized carbons (Fsp3) is 1.00. The van der Waals surface area contributed by atoms with E-state index in [1.807, 2.05) is 0 Å². The predicted molar refractivity (Wildman–Crippen MR) is 52.7 cm³/mol. The highest BCUT2D eigenvalue weighted by Gasteiger charge is 2.24. The van der Waals surface area contributed by atoms with Crippen molar-refractivity contribution in [2.75, 3.05) is 0 Å². The van der Waals surface area contributed by atoms with Crippen LogP contribution in [0.3, 0.4) is 0 Å². The molecule has 72 valence electrons. The van der Waals surface area contributed by atoms with Crippen LogP contribution in [0.1, 0.15) is 40.0 Å². The summed E-state index contributed by atoms with van der Waals surface area (Å²) in [5.41, 5.74) is 0. The molecule has 0 saturated carbocycles. The second kappa shape index (κ2) is 4.48. The van der Waals surface area contributed by atoms with Crippen molar-refractivity contribution in [3.8, 4) is 0 Å². The molecule has 1 aliphatic heterocycles. The van der Waals surface area contributed by atoms with Crippen molar-refractivity contribution in [3.63, 3.8) is 0 Å². The normalized spacial score (nSPS) is 38.2. The summed E-state index contributed by atoms with van der Waals surface area (Å²) in [6.07, 6.45) is 3.98. The number of hydrogen-bond donors (Lipinski definition) is 0. The van der Waals surface area contributed by atoms with E-state index in [1.165, 1.54) is 0 Å². The van der Waals surface area contributed by atoms with Gasteiger partial charge in [-0.05, 0) is 32.1 Å². The summed E-state index contributed by atoms with van der Waals surface area (Å²) < 4.78 is 5.86. The molecule has 0 N–H and O–H groups in total. The molecule has 1 rings (SSSR count). The number of ether oxygens (including phenoxy) is 1. The molecule has 1 fully saturated rings. The lowest BCUT2D eigenvalue weighted by atomic mass is 10.0. The first-order chi connectivity index (χ1) is 5.59. The molecule has 0 aromatic carbocycles. The van der Waals surface area contributed by atoms with E-state index in [0.717, 1.165) is 19.3 Å². The molecule has 0 aromatic heterocycles. The third-order valence-corrected chi connectivity index (χ3v) is 2.92. The third-order valence-electron chi connectivity index (χ3n) is 2.53. The van der Waals surface area contributed by atoms with E-state index in [4.69, 9.17) is 16.3 Å². The molecule has 1 saturated heterocycles. The topological polar surface area (TPSA) is 9.23 Å². The van der Waals surface area contributed by atoms with Crippen LogP contribution in [-0.2, 0) is 4.74 Å². The first-order valence-corrected chi connectivity index (χ1v) is 5.32. The van der Waals surface area contributed by atoms with Crippen LogP contribution in [0, 0.1) is 5.92 Å². The molecule has 0 radical (unpaired) electrons. The highest BCUT2D eigenvalue weighted by atomic mass is 35.5. The molecular weight excluding hydrogens is 172 g/mol. The maximum absolute atomic E-state index is 6.15. The predicted octanol–water partition coefficient (Wildman–Crippen LogP) is 3.21. The third kappa shape index (κ3) is 2.95. The van der Waals surface area contributed by atoms with E-state index in [0.29, 0.717) is 23.5 Å². The summed E-state index contributed by atoms with van der Waals surface area (Å²) in [6.45, 7) is 6.54. The zero-order valence-corrected chi connectivity index (χ0v) is 8.97. The van der Waals surface area contributed by atoms with E-state index < -0.39 is 0 Å². The molecular formula is C10H19ClO. The highest BCUT2D eigenvalue weighted by molar-refractivity contribution is 6.20. The maximum atomic E-state index is 6.15. The lowest BCUT2D eigenvalue weighted by Crippen LogP contribution is -2.24. The van der Waals surface area contributed by atoms with Crippen LogP contribution >= 0.6 is 11.6 Å². The second-order valence-electron chi connectivity index (χ2n) is 4.14. The molecule has 3 atom stereocenters. The van der Waals surface area contributed by atoms with Crippen LogP contribution in [0.4, 0.5) is 0 Å². The minimum absolute atomic E-state index is 0.322. The molecule has 1 heterocycles. The van der Waals surface area contributed by atoms with Gasteiger partial charge in [0.2, 0.25) is 0 Å². The van der Waals surface area contributed by atoms with E-state index in [2.05, 4.69) is 20.8 Å². The van der Waals surface area contributed by atoms with Gasteiger partial charge in [0, 0.05) is 5.38 Å². The molecule has 0 aromatic rings. The van der Waals surface area contributed by atoms with E-state index in [-0.39, 0.29) is 0 Å². The molecule has 0 spiro atoms. The van der Waals surface area contributed by atoms with Gasteiger partial charge >= 0.3 is 0 Å². The number of halogens is 1. The van der Waals surface area contributed by atoms with Crippen molar-refractivity contribution >= 4 is 11.6 Å². The van der Waals surface area contributed by atoms with Gasteiger partial charge in [-0.3, -0.25) is 0 Å². The SMILES string of the molecule is CC1CCC(Cl)CC(C(C)C)O1. The average Bonchev–Trinajstić information content (AvgIpc) is 2.13. The van der Waals surface area contributed by atoms with Crippen molar-refractivity contribution in [1.29, 1.82) is 0 Å². The van der Waals surface area contributed by atoms with Gasteiger partial charge in [-0.1, -0.05) is 13.8 Å². The molecule has 0 amide bonds. The minimum atomic E-state index is 0.322. The Kier molecular flexibility index (Phi) is 3.85. The summed E-state index contributed by atoms with van der Waals surface area (Å²) in [5.74, 6) is 0.590. The Balaban J connectivity index is 2.49. The van der Waals surface area contributed by atoms with Crippen molar-refractivity contribution in [2.45, 2.75) is 57.6 Å². The summed E-state index contributed by atoms with van der Waals surface area (Å²) in [7, 11) is 0. The molecule has 0 aliphatic carbocycles. The number of hydrogen-bond acceptors (Lipinski definition) is 1. The van der Waals surface area contributed by atoms with Crippen LogP contribution < -0.4 is 0 Å². The van der Waals surface area contributed by atoms with Gasteiger partial charge in [0.25, 0.3) is 0 Å². The summed E-state index contributed by atoms with van der Waals surface area (Å²) in [6, 6.07) is 0. The van der Waals surface area contributed by atoms with Gasteiger partial charge in [-0.25, -0.2) is 0 Å². The molecule has 12 heavy (non-hydrogen) atoms. The van der Waals surface area contributed by atoms with Crippen LogP contribution in [0.25, 0.3) is 0 Å². The largest absolute Gasteiger partial charge is 0.375 e. The standard InChI is InChI=1S/C10H19ClO/c1-7(2)10-6-9(11)5-4-8(3)12-10/h7-10H,4-6H2,1-3H3. The van der Waals surface area contributed by atoms with Gasteiger partial charge in [-0.2, -0.15) is 0 Å². The van der Waals surface area contributed by atoms with Crippen LogP contribution in [0.5, 0.6) is 0 Å². The Bertz CT molecular complexity index is 124. The second-order valence-corrected chi connectivity index (χ2v) is 4.76. The zero-order chi connectivity index (χ0) is 9.14. The highest BCUT2D eigenvalue weighted by Crippen LogP contribution is 2.26. The molecule has 2 heteroatoms. The first kappa shape index (κ1) is 10.3. The van der Waals surface area contributed by atoms with Crippen molar-refractivity contribution in [2.24, 2.45) is 5.92 Å². The van der Waals surface area contributed by atoms with Crippen LogP contribution in [-0.4, -0.2) is 17.6 Å². The van der Waals surface area contributed by atoms with Gasteiger partial charge in [0.1, 0.15) is 0 Å². The van der Waals surface area contributed by atoms with Crippen molar-refractivity contribution in [3.05, 3.63) is 0 Å². The van der Waals surface area contributed by atoms with Crippen molar-refractivity contribution in [1.82, 2.24) is 0 Å². The lowest BCUT2D eigenvalue weighted by Gasteiger charge is -2.22. The fourth-order valence-corrected chi connectivity index (χ4v) is 1.94. The van der Waals surface area contributed by atoms with E-state index >= 15 is 0 Å². The maximum Gasteiger partial charge on any atom is 0.0615 e. The Morgan fingerprint density at radius 3 is 2.58 bits per heavy atom. The summed E-state index contributed by atoms with van der Waals surface area (Å²) in [4.78, 5) is 0. The number of alkyl halides is 1. The fourth-order valence-electron chi connectivity index (χ4n) is 1.64.